The summed E-state index contributed by atoms with van der Waals surface area (Å²) in [5.41, 5.74) is 6.10. The van der Waals surface area contributed by atoms with Gasteiger partial charge in [-0.3, -0.25) is 4.79 Å². The van der Waals surface area contributed by atoms with E-state index in [4.69, 9.17) is 10.5 Å². The molecule has 2 rings (SSSR count). The number of nitrogens with one attached hydrogen (secondary N) is 1. The zero-order chi connectivity index (χ0) is 12.5. The van der Waals surface area contributed by atoms with Crippen molar-refractivity contribution in [3.05, 3.63) is 29.8 Å². The van der Waals surface area contributed by atoms with Gasteiger partial charge in [0.25, 0.3) is 0 Å². The molecule has 0 spiro atoms. The van der Waals surface area contributed by atoms with Crippen LogP contribution in [0.25, 0.3) is 0 Å². The third-order valence-corrected chi connectivity index (χ3v) is 3.26. The number of rotatable bonds is 3. The van der Waals surface area contributed by atoms with Crippen LogP contribution in [0.4, 0.5) is 0 Å². The molecule has 1 aromatic rings. The second-order valence-corrected chi connectivity index (χ2v) is 4.65. The zero-order valence-electron chi connectivity index (χ0n) is 10.2. The fraction of sp³-hybridized carbons (Fsp3) is 0.462. The van der Waals surface area contributed by atoms with Crippen molar-refractivity contribution in [2.45, 2.75) is 31.8 Å². The first kappa shape index (κ1) is 11.9. The minimum absolute atomic E-state index is 0.0897. The molecule has 0 aliphatic carbocycles. The number of amides is 1. The van der Waals surface area contributed by atoms with Crippen molar-refractivity contribution >= 4 is 5.91 Å². The standard InChI is InChI=1S/C13H18N2O2/c1-3-13(2,14)12(16)15-10-8-17-11-7-5-4-6-9(10)11/h4-7,10H,3,8,14H2,1-2H3,(H,15,16). The van der Waals surface area contributed by atoms with Gasteiger partial charge in [0.15, 0.2) is 0 Å². The normalized spacial score (nSPS) is 21.2. The maximum absolute atomic E-state index is 12.0. The molecule has 1 aliphatic heterocycles. The predicted molar refractivity (Wildman–Crippen MR) is 65.7 cm³/mol. The smallest absolute Gasteiger partial charge is 0.240 e. The minimum Gasteiger partial charge on any atom is -0.491 e. The molecule has 1 heterocycles. The molecule has 0 radical (unpaired) electrons. The number of benzene rings is 1. The van der Waals surface area contributed by atoms with Gasteiger partial charge in [-0.25, -0.2) is 0 Å². The number of hydrogen-bond acceptors (Lipinski definition) is 3. The summed E-state index contributed by atoms with van der Waals surface area (Å²) in [4.78, 5) is 12.0. The zero-order valence-corrected chi connectivity index (χ0v) is 10.2. The first-order chi connectivity index (χ1) is 8.04. The van der Waals surface area contributed by atoms with E-state index >= 15 is 0 Å². The summed E-state index contributed by atoms with van der Waals surface area (Å²) < 4.78 is 5.50. The Balaban J connectivity index is 2.10. The third kappa shape index (κ3) is 2.26. The lowest BCUT2D eigenvalue weighted by Crippen LogP contribution is -2.52. The quantitative estimate of drug-likeness (QED) is 0.830. The highest BCUT2D eigenvalue weighted by atomic mass is 16.5. The van der Waals surface area contributed by atoms with Crippen molar-refractivity contribution in [2.24, 2.45) is 5.73 Å². The molecule has 3 N–H and O–H groups in total. The summed E-state index contributed by atoms with van der Waals surface area (Å²) in [6.07, 6.45) is 0.605. The largest absolute Gasteiger partial charge is 0.491 e. The highest BCUT2D eigenvalue weighted by Crippen LogP contribution is 2.31. The minimum atomic E-state index is -0.822. The number of hydrogen-bond donors (Lipinski definition) is 2. The fourth-order valence-corrected chi connectivity index (χ4v) is 1.77. The molecule has 0 fully saturated rings. The maximum Gasteiger partial charge on any atom is 0.240 e. The highest BCUT2D eigenvalue weighted by molar-refractivity contribution is 5.86. The molecule has 0 saturated heterocycles. The highest BCUT2D eigenvalue weighted by Gasteiger charge is 2.31. The predicted octanol–water partition coefficient (Wildman–Crippen LogP) is 1.36. The molecule has 1 aromatic carbocycles. The molecule has 2 unspecified atom stereocenters. The van der Waals surface area contributed by atoms with E-state index in [1.165, 1.54) is 0 Å². The number of ether oxygens (including phenoxy) is 1. The molecule has 2 atom stereocenters. The Morgan fingerprint density at radius 2 is 2.29 bits per heavy atom. The van der Waals surface area contributed by atoms with Crippen LogP contribution in [0.1, 0.15) is 31.9 Å². The molecule has 0 saturated carbocycles. The number of carbonyl (C=O) groups excluding carboxylic acids is 1. The van der Waals surface area contributed by atoms with E-state index in [-0.39, 0.29) is 11.9 Å². The second-order valence-electron chi connectivity index (χ2n) is 4.65. The Labute approximate surface area is 101 Å². The summed E-state index contributed by atoms with van der Waals surface area (Å²) >= 11 is 0. The molecule has 0 aromatic heterocycles. The third-order valence-electron chi connectivity index (χ3n) is 3.26. The average molecular weight is 234 g/mol. The lowest BCUT2D eigenvalue weighted by atomic mass is 9.98. The second kappa shape index (κ2) is 4.37. The lowest BCUT2D eigenvalue weighted by Gasteiger charge is -2.23. The van der Waals surface area contributed by atoms with Gasteiger partial charge in [-0.1, -0.05) is 25.1 Å². The summed E-state index contributed by atoms with van der Waals surface area (Å²) in [5.74, 6) is 0.707. The number of nitrogens with two attached hydrogens (primary N) is 1. The van der Waals surface area contributed by atoms with E-state index < -0.39 is 5.54 Å². The summed E-state index contributed by atoms with van der Waals surface area (Å²) in [6, 6.07) is 7.64. The van der Waals surface area contributed by atoms with Crippen LogP contribution in [0.5, 0.6) is 5.75 Å². The van der Waals surface area contributed by atoms with Crippen LogP contribution in [-0.2, 0) is 4.79 Å². The number of carbonyl (C=O) groups is 1. The Morgan fingerprint density at radius 1 is 1.59 bits per heavy atom. The topological polar surface area (TPSA) is 64.4 Å². The van der Waals surface area contributed by atoms with Crippen LogP contribution >= 0.6 is 0 Å². The summed E-state index contributed by atoms with van der Waals surface area (Å²) in [5, 5.41) is 2.94. The van der Waals surface area contributed by atoms with Crippen molar-refractivity contribution < 1.29 is 9.53 Å². The summed E-state index contributed by atoms with van der Waals surface area (Å²) in [7, 11) is 0. The van der Waals surface area contributed by atoms with Crippen LogP contribution in [0.3, 0.4) is 0 Å². The van der Waals surface area contributed by atoms with E-state index in [0.29, 0.717) is 13.0 Å². The van der Waals surface area contributed by atoms with Crippen LogP contribution in [0.15, 0.2) is 24.3 Å². The van der Waals surface area contributed by atoms with E-state index in [1.54, 1.807) is 6.92 Å². The molecule has 4 heteroatoms. The van der Waals surface area contributed by atoms with Gasteiger partial charge in [0, 0.05) is 5.56 Å². The van der Waals surface area contributed by atoms with Gasteiger partial charge in [0.1, 0.15) is 12.4 Å². The van der Waals surface area contributed by atoms with E-state index in [9.17, 15) is 4.79 Å². The summed E-state index contributed by atoms with van der Waals surface area (Å²) in [6.45, 7) is 4.12. The molecule has 1 amide bonds. The Kier molecular flexibility index (Phi) is 3.07. The first-order valence-electron chi connectivity index (χ1n) is 5.86. The molecule has 0 bridgehead atoms. The fourth-order valence-electron chi connectivity index (χ4n) is 1.77. The Bertz CT molecular complexity index is 429. The van der Waals surface area contributed by atoms with Crippen molar-refractivity contribution in [3.63, 3.8) is 0 Å². The van der Waals surface area contributed by atoms with Gasteiger partial charge >= 0.3 is 0 Å². The SMILES string of the molecule is CCC(C)(N)C(=O)NC1COc2ccccc21. The number of para-hydroxylation sites is 1. The molecular weight excluding hydrogens is 216 g/mol. The molecule has 4 nitrogen and oxygen atoms in total. The Morgan fingerprint density at radius 3 is 3.00 bits per heavy atom. The lowest BCUT2D eigenvalue weighted by molar-refractivity contribution is -0.126. The van der Waals surface area contributed by atoms with Gasteiger partial charge in [-0.2, -0.15) is 0 Å². The van der Waals surface area contributed by atoms with E-state index in [0.717, 1.165) is 11.3 Å². The van der Waals surface area contributed by atoms with Crippen LogP contribution in [0, 0.1) is 0 Å². The maximum atomic E-state index is 12.0. The van der Waals surface area contributed by atoms with Crippen molar-refractivity contribution in [2.75, 3.05) is 6.61 Å². The van der Waals surface area contributed by atoms with Crippen LogP contribution in [0.2, 0.25) is 0 Å². The van der Waals surface area contributed by atoms with Crippen LogP contribution < -0.4 is 15.8 Å². The molecule has 1 aliphatic rings. The van der Waals surface area contributed by atoms with Gasteiger partial charge in [-0.05, 0) is 19.4 Å². The Hall–Kier alpha value is -1.55. The van der Waals surface area contributed by atoms with Gasteiger partial charge in [-0.15, -0.1) is 0 Å². The van der Waals surface area contributed by atoms with E-state index in [2.05, 4.69) is 5.32 Å². The monoisotopic (exact) mass is 234 g/mol. The first-order valence-corrected chi connectivity index (χ1v) is 5.86. The molecule has 17 heavy (non-hydrogen) atoms. The molecule has 92 valence electrons. The van der Waals surface area contributed by atoms with Crippen molar-refractivity contribution in [1.82, 2.24) is 5.32 Å². The van der Waals surface area contributed by atoms with Crippen molar-refractivity contribution in [1.29, 1.82) is 0 Å². The average Bonchev–Trinajstić information content (AvgIpc) is 2.73. The van der Waals surface area contributed by atoms with Gasteiger partial charge in [0.2, 0.25) is 5.91 Å². The van der Waals surface area contributed by atoms with Gasteiger partial charge < -0.3 is 15.8 Å². The number of fused-ring (bicyclic) bond motifs is 1. The van der Waals surface area contributed by atoms with Gasteiger partial charge in [0.05, 0.1) is 11.6 Å². The van der Waals surface area contributed by atoms with Crippen LogP contribution in [-0.4, -0.2) is 18.1 Å². The molecular formula is C13H18N2O2. The van der Waals surface area contributed by atoms with E-state index in [1.807, 2.05) is 31.2 Å². The van der Waals surface area contributed by atoms with Crippen molar-refractivity contribution in [3.8, 4) is 5.75 Å².